The van der Waals surface area contributed by atoms with Gasteiger partial charge in [0.25, 0.3) is 6.47 Å². The van der Waals surface area contributed by atoms with E-state index in [2.05, 4.69) is 15.2 Å². The lowest BCUT2D eigenvalue weighted by atomic mass is 10.0. The van der Waals surface area contributed by atoms with Gasteiger partial charge in [0.05, 0.1) is 12.3 Å². The van der Waals surface area contributed by atoms with Crippen LogP contribution in [0.4, 0.5) is 0 Å². The molecule has 19 heavy (non-hydrogen) atoms. The van der Waals surface area contributed by atoms with Gasteiger partial charge in [0.1, 0.15) is 0 Å². The zero-order valence-electron chi connectivity index (χ0n) is 10.5. The number of nitrogens with zero attached hydrogens (tertiary/aromatic N) is 2. The number of aromatic nitrogens is 3. The maximum absolute atomic E-state index is 10.3. The van der Waals surface area contributed by atoms with Gasteiger partial charge in [-0.1, -0.05) is 0 Å². The molecular weight excluding hydrogens is 242 g/mol. The largest absolute Gasteiger partial charge is 0.468 e. The van der Waals surface area contributed by atoms with Gasteiger partial charge in [-0.3, -0.25) is 14.9 Å². The minimum absolute atomic E-state index is 0.390. The average molecular weight is 257 g/mol. The molecule has 0 radical (unpaired) electrons. The first kappa shape index (κ1) is 11.9. The topological polar surface area (TPSA) is 67.9 Å². The van der Waals surface area contributed by atoms with Gasteiger partial charge in [-0.05, 0) is 25.0 Å². The molecule has 2 heterocycles. The maximum atomic E-state index is 10.3. The fourth-order valence-corrected chi connectivity index (χ4v) is 2.30. The van der Waals surface area contributed by atoms with Crippen molar-refractivity contribution in [2.45, 2.75) is 25.2 Å². The number of ether oxygens (including phenoxy) is 1. The van der Waals surface area contributed by atoms with Crippen LogP contribution in [0.25, 0.3) is 11.3 Å². The Bertz CT molecular complexity index is 561. The number of carbonyl (C=O) groups is 1. The van der Waals surface area contributed by atoms with Crippen LogP contribution < -0.4 is 0 Å². The second-order valence-electron chi connectivity index (χ2n) is 4.69. The van der Waals surface area contributed by atoms with Gasteiger partial charge in [-0.2, -0.15) is 5.10 Å². The Morgan fingerprint density at radius 1 is 1.37 bits per heavy atom. The van der Waals surface area contributed by atoms with Crippen LogP contribution in [0.2, 0.25) is 0 Å². The van der Waals surface area contributed by atoms with Crippen LogP contribution in [-0.4, -0.2) is 28.3 Å². The van der Waals surface area contributed by atoms with Gasteiger partial charge in [0, 0.05) is 41.6 Å². The third kappa shape index (κ3) is 2.50. The molecule has 0 unspecified atom stereocenters. The van der Waals surface area contributed by atoms with Crippen molar-refractivity contribution in [3.8, 4) is 11.3 Å². The molecule has 0 bridgehead atoms. The molecule has 1 N–H and O–H groups in total. The second-order valence-corrected chi connectivity index (χ2v) is 4.69. The van der Waals surface area contributed by atoms with E-state index in [1.54, 1.807) is 12.4 Å². The van der Waals surface area contributed by atoms with E-state index < -0.39 is 0 Å². The van der Waals surface area contributed by atoms with Crippen LogP contribution in [0.3, 0.4) is 0 Å². The summed E-state index contributed by atoms with van der Waals surface area (Å²) in [5.74, 6) is 0.592. The van der Waals surface area contributed by atoms with E-state index in [4.69, 9.17) is 4.74 Å². The van der Waals surface area contributed by atoms with E-state index in [1.165, 1.54) is 18.5 Å². The van der Waals surface area contributed by atoms with Gasteiger partial charge in [0.15, 0.2) is 0 Å². The molecule has 1 aliphatic carbocycles. The summed E-state index contributed by atoms with van der Waals surface area (Å²) in [5.41, 5.74) is 4.34. The van der Waals surface area contributed by atoms with Gasteiger partial charge in [-0.15, -0.1) is 0 Å². The van der Waals surface area contributed by atoms with Crippen molar-refractivity contribution in [2.75, 3.05) is 6.61 Å². The Morgan fingerprint density at radius 3 is 2.84 bits per heavy atom. The third-order valence-corrected chi connectivity index (χ3v) is 3.38. The van der Waals surface area contributed by atoms with Crippen LogP contribution in [0.1, 0.15) is 30.0 Å². The normalized spacial score (nSPS) is 14.3. The summed E-state index contributed by atoms with van der Waals surface area (Å²) in [5, 5.41) is 7.58. The molecule has 1 saturated carbocycles. The minimum atomic E-state index is 0.390. The molecule has 3 rings (SSSR count). The summed E-state index contributed by atoms with van der Waals surface area (Å²) in [6.07, 6.45) is 6.62. The van der Waals surface area contributed by atoms with E-state index >= 15 is 0 Å². The van der Waals surface area contributed by atoms with Crippen molar-refractivity contribution < 1.29 is 9.53 Å². The Hall–Kier alpha value is -2.17. The van der Waals surface area contributed by atoms with E-state index in [9.17, 15) is 4.79 Å². The molecule has 1 aliphatic rings. The Morgan fingerprint density at radius 2 is 2.16 bits per heavy atom. The van der Waals surface area contributed by atoms with E-state index in [0.717, 1.165) is 16.8 Å². The Kier molecular flexibility index (Phi) is 3.27. The maximum Gasteiger partial charge on any atom is 0.293 e. The smallest absolute Gasteiger partial charge is 0.293 e. The van der Waals surface area contributed by atoms with Crippen molar-refractivity contribution >= 4 is 6.47 Å². The first-order chi connectivity index (χ1) is 9.40. The number of hydrogen-bond acceptors (Lipinski definition) is 4. The Labute approximate surface area is 111 Å². The molecule has 2 aromatic rings. The molecule has 0 spiro atoms. The number of rotatable bonds is 6. The van der Waals surface area contributed by atoms with Crippen LogP contribution in [-0.2, 0) is 16.0 Å². The number of aromatic amines is 1. The third-order valence-electron chi connectivity index (χ3n) is 3.38. The zero-order chi connectivity index (χ0) is 13.1. The van der Waals surface area contributed by atoms with Crippen LogP contribution in [0.15, 0.2) is 24.5 Å². The van der Waals surface area contributed by atoms with Crippen LogP contribution >= 0.6 is 0 Å². The van der Waals surface area contributed by atoms with Crippen molar-refractivity contribution in [1.82, 2.24) is 15.2 Å². The summed E-state index contributed by atoms with van der Waals surface area (Å²) < 4.78 is 4.82. The summed E-state index contributed by atoms with van der Waals surface area (Å²) in [7, 11) is 0. The first-order valence-electron chi connectivity index (χ1n) is 6.43. The van der Waals surface area contributed by atoms with Crippen molar-refractivity contribution in [3.05, 3.63) is 35.8 Å². The standard InChI is InChI=1S/C14H15N3O2/c18-9-19-8-5-12-13(10-1-2-10)16-17-14(12)11-3-6-15-7-4-11/h3-4,6-7,9-10H,1-2,5,8H2,(H,16,17). The van der Waals surface area contributed by atoms with Gasteiger partial charge in [-0.25, -0.2) is 0 Å². The van der Waals surface area contributed by atoms with Gasteiger partial charge in [0.2, 0.25) is 0 Å². The highest BCUT2D eigenvalue weighted by molar-refractivity contribution is 5.64. The van der Waals surface area contributed by atoms with Gasteiger partial charge < -0.3 is 4.74 Å². The monoisotopic (exact) mass is 257 g/mol. The SMILES string of the molecule is O=COCCc1c(-c2ccncc2)n[nH]c1C1CC1. The van der Waals surface area contributed by atoms with Crippen molar-refractivity contribution in [2.24, 2.45) is 0 Å². The zero-order valence-corrected chi connectivity index (χ0v) is 10.5. The molecule has 0 aliphatic heterocycles. The molecular formula is C14H15N3O2. The number of H-pyrrole nitrogens is 1. The minimum Gasteiger partial charge on any atom is -0.468 e. The highest BCUT2D eigenvalue weighted by atomic mass is 16.5. The number of hydrogen-bond donors (Lipinski definition) is 1. The molecule has 5 nitrogen and oxygen atoms in total. The number of nitrogens with one attached hydrogen (secondary N) is 1. The van der Waals surface area contributed by atoms with Gasteiger partial charge >= 0.3 is 0 Å². The molecule has 1 fully saturated rings. The molecule has 5 heteroatoms. The highest BCUT2D eigenvalue weighted by Crippen LogP contribution is 2.42. The summed E-state index contributed by atoms with van der Waals surface area (Å²) in [6, 6.07) is 3.88. The molecule has 0 aromatic carbocycles. The molecule has 2 aromatic heterocycles. The first-order valence-corrected chi connectivity index (χ1v) is 6.43. The average Bonchev–Trinajstić information content (AvgIpc) is 3.21. The fraction of sp³-hybridized carbons (Fsp3) is 0.357. The van der Waals surface area contributed by atoms with E-state index in [1.807, 2.05) is 12.1 Å². The number of pyridine rings is 1. The lowest BCUT2D eigenvalue weighted by Crippen LogP contribution is -2.00. The second kappa shape index (κ2) is 5.22. The van der Waals surface area contributed by atoms with Crippen molar-refractivity contribution in [1.29, 1.82) is 0 Å². The predicted octanol–water partition coefficient (Wildman–Crippen LogP) is 2.06. The van der Waals surface area contributed by atoms with E-state index in [-0.39, 0.29) is 0 Å². The summed E-state index contributed by atoms with van der Waals surface area (Å²) >= 11 is 0. The quantitative estimate of drug-likeness (QED) is 0.635. The van der Waals surface area contributed by atoms with Crippen LogP contribution in [0, 0.1) is 0 Å². The fourth-order valence-electron chi connectivity index (χ4n) is 2.30. The summed E-state index contributed by atoms with van der Waals surface area (Å²) in [6.45, 7) is 0.879. The lowest BCUT2D eigenvalue weighted by Gasteiger charge is -2.04. The Balaban J connectivity index is 1.92. The van der Waals surface area contributed by atoms with Crippen LogP contribution in [0.5, 0.6) is 0 Å². The van der Waals surface area contributed by atoms with Crippen molar-refractivity contribution in [3.63, 3.8) is 0 Å². The lowest BCUT2D eigenvalue weighted by molar-refractivity contribution is -0.128. The molecule has 0 amide bonds. The predicted molar refractivity (Wildman–Crippen MR) is 69.5 cm³/mol. The van der Waals surface area contributed by atoms with E-state index in [0.29, 0.717) is 25.4 Å². The molecule has 98 valence electrons. The molecule has 0 atom stereocenters. The molecule has 0 saturated heterocycles. The number of carbonyl (C=O) groups excluding carboxylic acids is 1. The highest BCUT2D eigenvalue weighted by Gasteiger charge is 2.29. The summed E-state index contributed by atoms with van der Waals surface area (Å²) in [4.78, 5) is 14.3.